The number of amides is 1. The van der Waals surface area contributed by atoms with Gasteiger partial charge < -0.3 is 15.0 Å². The molecule has 0 aliphatic carbocycles. The number of carbonyl (C=O) groups is 1. The van der Waals surface area contributed by atoms with E-state index in [1.54, 1.807) is 6.07 Å². The van der Waals surface area contributed by atoms with Gasteiger partial charge in [0, 0.05) is 25.3 Å². The molecule has 0 saturated carbocycles. The molecule has 28 heavy (non-hydrogen) atoms. The molecule has 0 radical (unpaired) electrons. The molecule has 1 saturated heterocycles. The maximum absolute atomic E-state index is 12.2. The average molecular weight is 417 g/mol. The quantitative estimate of drug-likeness (QED) is 0.474. The van der Waals surface area contributed by atoms with Gasteiger partial charge in [-0.25, -0.2) is 4.98 Å². The molecule has 0 atom stereocenters. The highest BCUT2D eigenvalue weighted by atomic mass is 32.2. The summed E-state index contributed by atoms with van der Waals surface area (Å²) in [6.45, 7) is 4.35. The molecule has 1 amide bonds. The summed E-state index contributed by atoms with van der Waals surface area (Å²) in [4.78, 5) is 34.3. The fraction of sp³-hybridized carbons (Fsp3) is 0.316. The van der Waals surface area contributed by atoms with Gasteiger partial charge >= 0.3 is 0 Å². The predicted octanol–water partition coefficient (Wildman–Crippen LogP) is 2.55. The minimum atomic E-state index is -0.176. The number of nitrogens with zero attached hydrogens (tertiary/aromatic N) is 2. The third kappa shape index (κ3) is 4.79. The molecule has 3 aromatic rings. The van der Waals surface area contributed by atoms with E-state index in [0.29, 0.717) is 15.4 Å². The van der Waals surface area contributed by atoms with E-state index in [2.05, 4.69) is 20.2 Å². The van der Waals surface area contributed by atoms with Crippen LogP contribution in [0.2, 0.25) is 0 Å². The number of thioether (sulfide) groups is 1. The Morgan fingerprint density at radius 3 is 2.82 bits per heavy atom. The van der Waals surface area contributed by atoms with E-state index >= 15 is 0 Å². The highest BCUT2D eigenvalue weighted by Crippen LogP contribution is 2.19. The highest BCUT2D eigenvalue weighted by Gasteiger charge is 2.11. The first kappa shape index (κ1) is 19.1. The maximum atomic E-state index is 12.2. The van der Waals surface area contributed by atoms with Crippen molar-refractivity contribution in [2.45, 2.75) is 11.7 Å². The van der Waals surface area contributed by atoms with E-state index in [9.17, 15) is 9.59 Å². The minimum absolute atomic E-state index is 0.139. The Kier molecular flexibility index (Phi) is 6.06. The average Bonchev–Trinajstić information content (AvgIpc) is 3.18. The normalized spacial score (nSPS) is 15.0. The number of hydrogen-bond donors (Lipinski definition) is 2. The van der Waals surface area contributed by atoms with Gasteiger partial charge in [-0.15, -0.1) is 11.3 Å². The van der Waals surface area contributed by atoms with Crippen LogP contribution in [0.15, 0.2) is 45.7 Å². The van der Waals surface area contributed by atoms with E-state index < -0.39 is 0 Å². The number of nitrogens with one attached hydrogen (secondary N) is 2. The Bertz CT molecular complexity index is 1010. The first-order valence-corrected chi connectivity index (χ1v) is 10.8. The van der Waals surface area contributed by atoms with Crippen molar-refractivity contribution in [3.8, 4) is 0 Å². The molecule has 0 spiro atoms. The Balaban J connectivity index is 1.29. The number of hydrogen-bond acceptors (Lipinski definition) is 7. The van der Waals surface area contributed by atoms with Crippen molar-refractivity contribution in [1.82, 2.24) is 14.9 Å². The molecule has 2 aromatic heterocycles. The van der Waals surface area contributed by atoms with Crippen LogP contribution in [0.5, 0.6) is 0 Å². The number of anilines is 1. The molecule has 0 bridgehead atoms. The fourth-order valence-electron chi connectivity index (χ4n) is 2.96. The lowest BCUT2D eigenvalue weighted by atomic mass is 10.2. The predicted molar refractivity (Wildman–Crippen MR) is 112 cm³/mol. The van der Waals surface area contributed by atoms with Crippen LogP contribution >= 0.6 is 23.1 Å². The van der Waals surface area contributed by atoms with Gasteiger partial charge in [-0.1, -0.05) is 23.9 Å². The van der Waals surface area contributed by atoms with E-state index in [0.717, 1.165) is 38.5 Å². The second kappa shape index (κ2) is 8.87. The van der Waals surface area contributed by atoms with Crippen LogP contribution in [0.4, 0.5) is 5.69 Å². The molecular weight excluding hydrogens is 396 g/mol. The van der Waals surface area contributed by atoms with E-state index in [-0.39, 0.29) is 17.2 Å². The van der Waals surface area contributed by atoms with Crippen LogP contribution < -0.4 is 10.9 Å². The molecule has 1 aliphatic rings. The van der Waals surface area contributed by atoms with Crippen molar-refractivity contribution in [3.63, 3.8) is 0 Å². The Morgan fingerprint density at radius 2 is 2.04 bits per heavy atom. The summed E-state index contributed by atoms with van der Waals surface area (Å²) in [6.07, 6.45) is 0. The number of aromatic amines is 1. The second-order valence-electron chi connectivity index (χ2n) is 6.43. The molecule has 1 fully saturated rings. The number of H-pyrrole nitrogens is 1. The van der Waals surface area contributed by atoms with Crippen LogP contribution in [-0.2, 0) is 16.1 Å². The van der Waals surface area contributed by atoms with Crippen LogP contribution in [-0.4, -0.2) is 52.8 Å². The summed E-state index contributed by atoms with van der Waals surface area (Å²) in [7, 11) is 0. The lowest BCUT2D eigenvalue weighted by molar-refractivity contribution is -0.113. The number of rotatable bonds is 6. The van der Waals surface area contributed by atoms with Gasteiger partial charge in [0.2, 0.25) is 5.91 Å². The standard InChI is InChI=1S/C19H20N4O3S2/c24-16(12-28-19-21-17(25)15-5-10-27-18(15)22-19)20-14-3-1-13(2-4-14)11-23-6-8-26-9-7-23/h1-5,10H,6-9,11-12H2,(H,20,24)(H,21,22,25). The van der Waals surface area contributed by atoms with Gasteiger partial charge in [0.05, 0.1) is 24.4 Å². The molecule has 7 nitrogen and oxygen atoms in total. The van der Waals surface area contributed by atoms with Gasteiger partial charge in [-0.05, 0) is 29.1 Å². The molecule has 4 rings (SSSR count). The summed E-state index contributed by atoms with van der Waals surface area (Å²) >= 11 is 2.63. The van der Waals surface area contributed by atoms with Crippen molar-refractivity contribution >= 4 is 44.9 Å². The van der Waals surface area contributed by atoms with Crippen LogP contribution in [0, 0.1) is 0 Å². The van der Waals surface area contributed by atoms with Crippen molar-refractivity contribution in [2.75, 3.05) is 37.4 Å². The van der Waals surface area contributed by atoms with E-state index in [1.807, 2.05) is 29.6 Å². The Labute approximate surface area is 170 Å². The van der Waals surface area contributed by atoms with Crippen LogP contribution in [0.3, 0.4) is 0 Å². The van der Waals surface area contributed by atoms with E-state index in [4.69, 9.17) is 4.74 Å². The van der Waals surface area contributed by atoms with Crippen molar-refractivity contribution in [2.24, 2.45) is 0 Å². The lowest BCUT2D eigenvalue weighted by Crippen LogP contribution is -2.35. The number of aromatic nitrogens is 2. The van der Waals surface area contributed by atoms with Crippen LogP contribution in [0.1, 0.15) is 5.56 Å². The molecule has 1 aliphatic heterocycles. The molecule has 2 N–H and O–H groups in total. The van der Waals surface area contributed by atoms with Crippen molar-refractivity contribution < 1.29 is 9.53 Å². The highest BCUT2D eigenvalue weighted by molar-refractivity contribution is 7.99. The largest absolute Gasteiger partial charge is 0.379 e. The molecular formula is C19H20N4O3S2. The zero-order valence-electron chi connectivity index (χ0n) is 15.1. The third-order valence-corrected chi connectivity index (χ3v) is 6.08. The van der Waals surface area contributed by atoms with Crippen molar-refractivity contribution in [1.29, 1.82) is 0 Å². The Morgan fingerprint density at radius 1 is 1.25 bits per heavy atom. The Hall–Kier alpha value is -2.20. The monoisotopic (exact) mass is 416 g/mol. The third-order valence-electron chi connectivity index (χ3n) is 4.40. The van der Waals surface area contributed by atoms with Gasteiger partial charge in [0.15, 0.2) is 5.16 Å². The fourth-order valence-corrected chi connectivity index (χ4v) is 4.44. The topological polar surface area (TPSA) is 87.3 Å². The summed E-state index contributed by atoms with van der Waals surface area (Å²) in [5.74, 6) is 0.0369. The smallest absolute Gasteiger partial charge is 0.260 e. The molecule has 3 heterocycles. The minimum Gasteiger partial charge on any atom is -0.379 e. The number of thiophene rings is 1. The van der Waals surface area contributed by atoms with Gasteiger partial charge in [0.25, 0.3) is 5.56 Å². The maximum Gasteiger partial charge on any atom is 0.260 e. The number of benzene rings is 1. The zero-order valence-corrected chi connectivity index (χ0v) is 16.8. The number of carbonyl (C=O) groups excluding carboxylic acids is 1. The second-order valence-corrected chi connectivity index (χ2v) is 8.29. The summed E-state index contributed by atoms with van der Waals surface area (Å²) in [6, 6.07) is 9.63. The summed E-state index contributed by atoms with van der Waals surface area (Å²) in [5, 5.41) is 5.74. The van der Waals surface area contributed by atoms with Gasteiger partial charge in [0.1, 0.15) is 4.83 Å². The number of morpholine rings is 1. The SMILES string of the molecule is O=C(CSc1nc2sccc2c(=O)[nH]1)Nc1ccc(CN2CCOCC2)cc1. The van der Waals surface area contributed by atoms with Gasteiger partial charge in [-0.2, -0.15) is 0 Å². The first-order chi connectivity index (χ1) is 13.7. The summed E-state index contributed by atoms with van der Waals surface area (Å²) in [5.41, 5.74) is 1.79. The number of ether oxygens (including phenoxy) is 1. The zero-order chi connectivity index (χ0) is 19.3. The molecule has 9 heteroatoms. The molecule has 146 valence electrons. The molecule has 0 unspecified atom stereocenters. The van der Waals surface area contributed by atoms with E-state index in [1.165, 1.54) is 28.7 Å². The summed E-state index contributed by atoms with van der Waals surface area (Å²) < 4.78 is 5.36. The first-order valence-electron chi connectivity index (χ1n) is 8.96. The molecule has 1 aromatic carbocycles. The van der Waals surface area contributed by atoms with Crippen molar-refractivity contribution in [3.05, 3.63) is 51.6 Å². The lowest BCUT2D eigenvalue weighted by Gasteiger charge is -2.26. The van der Waals surface area contributed by atoms with Gasteiger partial charge in [-0.3, -0.25) is 14.5 Å². The van der Waals surface area contributed by atoms with Crippen LogP contribution in [0.25, 0.3) is 10.2 Å². The number of fused-ring (bicyclic) bond motifs is 1.